The lowest BCUT2D eigenvalue weighted by atomic mass is 9.95. The minimum Gasteiger partial charge on any atom is -0.507 e. The zero-order valence-corrected chi connectivity index (χ0v) is 18.1. The summed E-state index contributed by atoms with van der Waals surface area (Å²) in [5.41, 5.74) is 1.02. The lowest BCUT2D eigenvalue weighted by molar-refractivity contribution is -0.140. The maximum Gasteiger partial charge on any atom is 0.295 e. The number of ether oxygens (including phenoxy) is 3. The normalized spacial score (nSPS) is 17.6. The van der Waals surface area contributed by atoms with Crippen molar-refractivity contribution in [3.63, 3.8) is 0 Å². The number of aliphatic hydroxyl groups is 2. The fraction of sp³-hybridized carbons (Fsp3) is 0.333. The molecule has 32 heavy (non-hydrogen) atoms. The molecule has 0 spiro atoms. The summed E-state index contributed by atoms with van der Waals surface area (Å²) < 4.78 is 16.0. The molecule has 1 aliphatic heterocycles. The molecule has 1 saturated heterocycles. The lowest BCUT2D eigenvalue weighted by Crippen LogP contribution is -2.33. The molecule has 0 bridgehead atoms. The number of amides is 1. The molecule has 8 nitrogen and oxygen atoms in total. The van der Waals surface area contributed by atoms with Gasteiger partial charge in [-0.1, -0.05) is 12.1 Å². The summed E-state index contributed by atoms with van der Waals surface area (Å²) in [4.78, 5) is 27.2. The number of rotatable bonds is 10. The Morgan fingerprint density at radius 2 is 1.81 bits per heavy atom. The molecular formula is C24H27NO7. The van der Waals surface area contributed by atoms with Gasteiger partial charge in [-0.05, 0) is 48.9 Å². The molecule has 170 valence electrons. The van der Waals surface area contributed by atoms with Crippen LogP contribution in [-0.2, 0) is 14.3 Å². The van der Waals surface area contributed by atoms with E-state index in [1.54, 1.807) is 48.5 Å². The van der Waals surface area contributed by atoms with Crippen LogP contribution in [0.15, 0.2) is 54.1 Å². The average Bonchev–Trinajstić information content (AvgIpc) is 3.07. The molecule has 1 fully saturated rings. The molecular weight excluding hydrogens is 414 g/mol. The van der Waals surface area contributed by atoms with E-state index in [-0.39, 0.29) is 37.7 Å². The zero-order chi connectivity index (χ0) is 23.1. The number of hydrogen-bond acceptors (Lipinski definition) is 7. The number of carbonyl (C=O) groups excluding carboxylic acids is 2. The summed E-state index contributed by atoms with van der Waals surface area (Å²) in [6.45, 7) is 2.61. The Morgan fingerprint density at radius 3 is 2.47 bits per heavy atom. The molecule has 2 aromatic rings. The molecule has 0 unspecified atom stereocenters. The van der Waals surface area contributed by atoms with Gasteiger partial charge in [-0.25, -0.2) is 0 Å². The van der Waals surface area contributed by atoms with Crippen molar-refractivity contribution in [2.45, 2.75) is 13.0 Å². The van der Waals surface area contributed by atoms with Crippen molar-refractivity contribution in [2.24, 2.45) is 0 Å². The molecule has 0 radical (unpaired) electrons. The fourth-order valence-corrected chi connectivity index (χ4v) is 3.63. The molecule has 0 aromatic heterocycles. The van der Waals surface area contributed by atoms with Crippen molar-refractivity contribution in [3.05, 3.63) is 65.2 Å². The van der Waals surface area contributed by atoms with Gasteiger partial charge in [-0.15, -0.1) is 0 Å². The van der Waals surface area contributed by atoms with E-state index in [0.29, 0.717) is 29.2 Å². The van der Waals surface area contributed by atoms with E-state index in [1.807, 2.05) is 6.92 Å². The van der Waals surface area contributed by atoms with E-state index in [9.17, 15) is 14.7 Å². The van der Waals surface area contributed by atoms with Gasteiger partial charge in [0.25, 0.3) is 11.7 Å². The first-order valence-corrected chi connectivity index (χ1v) is 10.4. The maximum absolute atomic E-state index is 13.0. The van der Waals surface area contributed by atoms with Crippen molar-refractivity contribution in [3.8, 4) is 11.5 Å². The number of Topliss-reactive ketones (excluding diaryl/α,β-unsaturated/α-hetero) is 1. The Balaban J connectivity index is 2.05. The molecule has 8 heteroatoms. The third kappa shape index (κ3) is 4.92. The molecule has 1 heterocycles. The van der Waals surface area contributed by atoms with Crippen LogP contribution >= 0.6 is 0 Å². The van der Waals surface area contributed by atoms with Crippen molar-refractivity contribution >= 4 is 17.4 Å². The van der Waals surface area contributed by atoms with Gasteiger partial charge in [0.2, 0.25) is 0 Å². The summed E-state index contributed by atoms with van der Waals surface area (Å²) in [6.07, 6.45) is 0. The average molecular weight is 441 g/mol. The summed E-state index contributed by atoms with van der Waals surface area (Å²) in [5.74, 6) is -0.567. The van der Waals surface area contributed by atoms with Crippen LogP contribution in [0.1, 0.15) is 24.1 Å². The standard InChI is InChI=1S/C24H27NO7/c1-3-32-18-9-7-16(8-10-18)22(27)20-21(17-5-4-6-19(15-17)30-2)25(24(29)23(20)28)11-13-31-14-12-26/h4-10,15,21,26-27H,3,11-14H2,1-2H3/b22-20+/t21-/m0/s1. The monoisotopic (exact) mass is 441 g/mol. The van der Waals surface area contributed by atoms with E-state index >= 15 is 0 Å². The largest absolute Gasteiger partial charge is 0.507 e. The Hall–Kier alpha value is -3.36. The molecule has 1 amide bonds. The Bertz CT molecular complexity index is 984. The second-order valence-electron chi connectivity index (χ2n) is 7.06. The number of benzene rings is 2. The quantitative estimate of drug-likeness (QED) is 0.253. The van der Waals surface area contributed by atoms with Crippen molar-refractivity contribution < 1.29 is 34.0 Å². The number of likely N-dealkylation sites (tertiary alicyclic amines) is 1. The van der Waals surface area contributed by atoms with Crippen LogP contribution in [0, 0.1) is 0 Å². The van der Waals surface area contributed by atoms with Gasteiger partial charge in [0.15, 0.2) is 0 Å². The predicted octanol–water partition coefficient (Wildman–Crippen LogP) is 2.52. The van der Waals surface area contributed by atoms with Gasteiger partial charge in [0.1, 0.15) is 17.3 Å². The molecule has 1 atom stereocenters. The summed E-state index contributed by atoms with van der Waals surface area (Å²) in [6, 6.07) is 12.9. The Kier molecular flexibility index (Phi) is 7.86. The summed E-state index contributed by atoms with van der Waals surface area (Å²) in [5, 5.41) is 20.0. The van der Waals surface area contributed by atoms with Crippen LogP contribution in [0.5, 0.6) is 11.5 Å². The summed E-state index contributed by atoms with van der Waals surface area (Å²) >= 11 is 0. The van der Waals surface area contributed by atoms with Crippen LogP contribution in [0.2, 0.25) is 0 Å². The van der Waals surface area contributed by atoms with Crippen molar-refractivity contribution in [1.82, 2.24) is 4.90 Å². The smallest absolute Gasteiger partial charge is 0.295 e. The predicted molar refractivity (Wildman–Crippen MR) is 118 cm³/mol. The fourth-order valence-electron chi connectivity index (χ4n) is 3.63. The van der Waals surface area contributed by atoms with Gasteiger partial charge in [-0.2, -0.15) is 0 Å². The van der Waals surface area contributed by atoms with Crippen LogP contribution in [-0.4, -0.2) is 66.9 Å². The van der Waals surface area contributed by atoms with E-state index in [4.69, 9.17) is 19.3 Å². The van der Waals surface area contributed by atoms with E-state index < -0.39 is 17.7 Å². The number of carbonyl (C=O) groups is 2. The molecule has 2 aromatic carbocycles. The third-order valence-electron chi connectivity index (χ3n) is 5.10. The van der Waals surface area contributed by atoms with Crippen LogP contribution < -0.4 is 9.47 Å². The van der Waals surface area contributed by atoms with Crippen molar-refractivity contribution in [1.29, 1.82) is 0 Å². The van der Waals surface area contributed by atoms with E-state index in [1.165, 1.54) is 12.0 Å². The molecule has 2 N–H and O–H groups in total. The number of ketones is 1. The summed E-state index contributed by atoms with van der Waals surface area (Å²) in [7, 11) is 1.53. The van der Waals surface area contributed by atoms with Gasteiger partial charge in [0.05, 0.1) is 45.2 Å². The van der Waals surface area contributed by atoms with Gasteiger partial charge in [-0.3, -0.25) is 9.59 Å². The van der Waals surface area contributed by atoms with Gasteiger partial charge in [0, 0.05) is 12.1 Å². The first-order chi connectivity index (χ1) is 15.5. The first-order valence-electron chi connectivity index (χ1n) is 10.4. The highest BCUT2D eigenvalue weighted by molar-refractivity contribution is 6.46. The van der Waals surface area contributed by atoms with Crippen molar-refractivity contribution in [2.75, 3.05) is 40.1 Å². The Labute approximate surface area is 186 Å². The zero-order valence-electron chi connectivity index (χ0n) is 18.1. The maximum atomic E-state index is 13.0. The SMILES string of the molecule is CCOc1ccc(/C(O)=C2\C(=O)C(=O)N(CCOCCO)[C@H]2c2cccc(OC)c2)cc1. The van der Waals surface area contributed by atoms with Gasteiger partial charge < -0.3 is 29.3 Å². The molecule has 0 aliphatic carbocycles. The number of nitrogens with zero attached hydrogens (tertiary/aromatic N) is 1. The number of methoxy groups -OCH3 is 1. The Morgan fingerprint density at radius 1 is 1.06 bits per heavy atom. The second-order valence-corrected chi connectivity index (χ2v) is 7.06. The topological polar surface area (TPSA) is 106 Å². The van der Waals surface area contributed by atoms with Crippen LogP contribution in [0.25, 0.3) is 5.76 Å². The number of hydrogen-bond donors (Lipinski definition) is 2. The molecule has 1 aliphatic rings. The van der Waals surface area contributed by atoms with E-state index in [0.717, 1.165) is 0 Å². The lowest BCUT2D eigenvalue weighted by Gasteiger charge is -2.25. The third-order valence-corrected chi connectivity index (χ3v) is 5.10. The van der Waals surface area contributed by atoms with Crippen LogP contribution in [0.3, 0.4) is 0 Å². The second kappa shape index (κ2) is 10.8. The van der Waals surface area contributed by atoms with E-state index in [2.05, 4.69) is 0 Å². The van der Waals surface area contributed by atoms with Gasteiger partial charge >= 0.3 is 0 Å². The first kappa shape index (κ1) is 23.3. The minimum absolute atomic E-state index is 0.00503. The highest BCUT2D eigenvalue weighted by Gasteiger charge is 2.46. The molecule has 0 saturated carbocycles. The highest BCUT2D eigenvalue weighted by Crippen LogP contribution is 2.40. The highest BCUT2D eigenvalue weighted by atomic mass is 16.5. The minimum atomic E-state index is -0.811. The number of aliphatic hydroxyl groups excluding tert-OH is 2. The van der Waals surface area contributed by atoms with Crippen LogP contribution in [0.4, 0.5) is 0 Å². The molecule has 3 rings (SSSR count).